The average molecular weight is 258 g/mol. The van der Waals surface area contributed by atoms with Crippen LogP contribution in [0.5, 0.6) is 0 Å². The second-order valence-corrected chi connectivity index (χ2v) is 3.15. The van der Waals surface area contributed by atoms with Crippen molar-refractivity contribution in [3.8, 4) is 0 Å². The van der Waals surface area contributed by atoms with E-state index < -0.39 is 0 Å². The van der Waals surface area contributed by atoms with Gasteiger partial charge in [-0.25, -0.2) is 5.01 Å². The number of hydrogen-bond donors (Lipinski definition) is 1. The summed E-state index contributed by atoms with van der Waals surface area (Å²) < 4.78 is 0. The molecule has 0 aromatic carbocycles. The van der Waals surface area contributed by atoms with Gasteiger partial charge < -0.3 is 12.4 Å². The first-order valence-electron chi connectivity index (χ1n) is 3.93. The molecule has 0 saturated carbocycles. The number of piperidine rings is 1. The summed E-state index contributed by atoms with van der Waals surface area (Å²) in [6.07, 6.45) is 4.27. The SMILES string of the molecule is C1CC2CCNN(C1)C2.Cl.Cl.[Cl-].[Na+]. The van der Waals surface area contributed by atoms with Crippen molar-refractivity contribution in [2.75, 3.05) is 19.6 Å². The van der Waals surface area contributed by atoms with E-state index in [0.29, 0.717) is 0 Å². The van der Waals surface area contributed by atoms with Crippen LogP contribution in [-0.4, -0.2) is 24.6 Å². The van der Waals surface area contributed by atoms with Crippen LogP contribution in [0.25, 0.3) is 0 Å². The Bertz CT molecular complexity index is 97.9. The Balaban J connectivity index is -0.000000250. The first kappa shape index (κ1) is 20.2. The van der Waals surface area contributed by atoms with E-state index in [0.717, 1.165) is 5.92 Å². The number of fused-ring (bicyclic) bond motifs is 2. The number of nitrogens with zero attached hydrogens (tertiary/aromatic N) is 1. The Hall–Kier alpha value is 1.79. The van der Waals surface area contributed by atoms with Crippen molar-refractivity contribution >= 4 is 24.8 Å². The fourth-order valence-corrected chi connectivity index (χ4v) is 1.87. The summed E-state index contributed by atoms with van der Waals surface area (Å²) in [6, 6.07) is 0. The molecule has 0 aromatic rings. The van der Waals surface area contributed by atoms with Gasteiger partial charge >= 0.3 is 29.6 Å². The summed E-state index contributed by atoms with van der Waals surface area (Å²) in [5.74, 6) is 1.01. The van der Waals surface area contributed by atoms with Gasteiger partial charge in [0.2, 0.25) is 0 Å². The van der Waals surface area contributed by atoms with Crippen molar-refractivity contribution in [2.24, 2.45) is 5.92 Å². The minimum Gasteiger partial charge on any atom is -1.00 e. The zero-order chi connectivity index (χ0) is 6.10. The van der Waals surface area contributed by atoms with Gasteiger partial charge in [0, 0.05) is 19.6 Å². The first-order chi connectivity index (χ1) is 4.45. The predicted molar refractivity (Wildman–Crippen MR) is 51.4 cm³/mol. The van der Waals surface area contributed by atoms with Gasteiger partial charge in [-0.1, -0.05) is 0 Å². The monoisotopic (exact) mass is 256 g/mol. The summed E-state index contributed by atoms with van der Waals surface area (Å²) in [6.45, 7) is 3.79. The van der Waals surface area contributed by atoms with Gasteiger partial charge in [-0.2, -0.15) is 0 Å². The van der Waals surface area contributed by atoms with Gasteiger partial charge in [0.15, 0.2) is 0 Å². The normalized spacial score (nSPS) is 29.5. The van der Waals surface area contributed by atoms with Crippen molar-refractivity contribution in [3.05, 3.63) is 0 Å². The fraction of sp³-hybridized carbons (Fsp3) is 1.00. The van der Waals surface area contributed by atoms with E-state index in [9.17, 15) is 0 Å². The maximum absolute atomic E-state index is 3.38. The molecule has 2 saturated heterocycles. The molecule has 2 atom stereocenters. The molecule has 0 aromatic heterocycles. The zero-order valence-electron chi connectivity index (χ0n) is 7.96. The van der Waals surface area contributed by atoms with Crippen LogP contribution >= 0.6 is 24.8 Å². The second kappa shape index (κ2) is 10.3. The second-order valence-electron chi connectivity index (χ2n) is 3.15. The van der Waals surface area contributed by atoms with Crippen LogP contribution in [0.4, 0.5) is 0 Å². The maximum atomic E-state index is 3.38. The number of hydrogen-bond acceptors (Lipinski definition) is 2. The Morgan fingerprint density at radius 3 is 2.38 bits per heavy atom. The molecular weight excluding hydrogens is 241 g/mol. The summed E-state index contributed by atoms with van der Waals surface area (Å²) in [7, 11) is 0. The summed E-state index contributed by atoms with van der Waals surface area (Å²) in [5, 5.41) is 2.37. The topological polar surface area (TPSA) is 15.3 Å². The Kier molecular flexibility index (Phi) is 16.1. The molecule has 6 heteroatoms. The molecule has 2 nitrogen and oxygen atoms in total. The van der Waals surface area contributed by atoms with Crippen molar-refractivity contribution in [1.82, 2.24) is 10.4 Å². The molecule has 0 radical (unpaired) electrons. The minimum absolute atomic E-state index is 0. The minimum atomic E-state index is 0. The molecule has 76 valence electrons. The summed E-state index contributed by atoms with van der Waals surface area (Å²) in [4.78, 5) is 0. The molecule has 0 aliphatic carbocycles. The predicted octanol–water partition coefficient (Wildman–Crippen LogP) is -4.54. The Morgan fingerprint density at radius 1 is 1.15 bits per heavy atom. The van der Waals surface area contributed by atoms with Crippen LogP contribution < -0.4 is 47.4 Å². The van der Waals surface area contributed by atoms with Gasteiger partial charge in [0.1, 0.15) is 0 Å². The first-order valence-corrected chi connectivity index (χ1v) is 3.93. The van der Waals surface area contributed by atoms with Crippen LogP contribution in [0.2, 0.25) is 0 Å². The molecule has 2 rings (SSSR count). The van der Waals surface area contributed by atoms with Crippen molar-refractivity contribution < 1.29 is 42.0 Å². The number of halogens is 3. The molecular formula is C7H16Cl3N2Na. The van der Waals surface area contributed by atoms with E-state index >= 15 is 0 Å². The van der Waals surface area contributed by atoms with E-state index in [1.165, 1.54) is 38.9 Å². The molecule has 2 bridgehead atoms. The van der Waals surface area contributed by atoms with E-state index in [1.807, 2.05) is 0 Å². The number of rotatable bonds is 0. The number of nitrogens with one attached hydrogen (secondary N) is 1. The van der Waals surface area contributed by atoms with E-state index in [-0.39, 0.29) is 66.8 Å². The average Bonchev–Trinajstić information content (AvgIpc) is 1.88. The molecule has 2 unspecified atom stereocenters. The van der Waals surface area contributed by atoms with Gasteiger partial charge in [-0.3, -0.25) is 5.43 Å². The third-order valence-corrected chi connectivity index (χ3v) is 2.41. The van der Waals surface area contributed by atoms with E-state index in [1.54, 1.807) is 0 Å². The Labute approximate surface area is 121 Å². The standard InChI is InChI=1S/C7H14N2.3ClH.Na/c1-2-7-3-4-8-9(5-1)6-7;;;;/h7-8H,1-6H2;3*1H;/q;;;;+1/p-1. The third kappa shape index (κ3) is 6.06. The summed E-state index contributed by atoms with van der Waals surface area (Å²) >= 11 is 0. The largest absolute Gasteiger partial charge is 1.00 e. The van der Waals surface area contributed by atoms with Crippen LogP contribution in [0.15, 0.2) is 0 Å². The quantitative estimate of drug-likeness (QED) is 0.440. The third-order valence-electron chi connectivity index (χ3n) is 2.41. The Morgan fingerprint density at radius 2 is 1.85 bits per heavy atom. The molecule has 13 heavy (non-hydrogen) atoms. The molecule has 1 N–H and O–H groups in total. The van der Waals surface area contributed by atoms with Gasteiger partial charge in [0.05, 0.1) is 0 Å². The number of hydrazine groups is 1. The zero-order valence-corrected chi connectivity index (χ0v) is 12.4. The van der Waals surface area contributed by atoms with E-state index in [4.69, 9.17) is 0 Å². The molecule has 2 heterocycles. The molecule has 0 spiro atoms. The fourth-order valence-electron chi connectivity index (χ4n) is 1.87. The maximum Gasteiger partial charge on any atom is 1.00 e. The van der Waals surface area contributed by atoms with Crippen LogP contribution in [0, 0.1) is 5.92 Å². The van der Waals surface area contributed by atoms with Crippen molar-refractivity contribution in [3.63, 3.8) is 0 Å². The molecule has 2 fully saturated rings. The molecule has 2 aliphatic rings. The van der Waals surface area contributed by atoms with Crippen molar-refractivity contribution in [1.29, 1.82) is 0 Å². The van der Waals surface area contributed by atoms with E-state index in [2.05, 4.69) is 10.4 Å². The molecule has 2 aliphatic heterocycles. The van der Waals surface area contributed by atoms with Crippen LogP contribution in [0.1, 0.15) is 19.3 Å². The van der Waals surface area contributed by atoms with Gasteiger partial charge in [0.25, 0.3) is 0 Å². The van der Waals surface area contributed by atoms with Crippen LogP contribution in [0.3, 0.4) is 0 Å². The smallest absolute Gasteiger partial charge is 1.00 e. The summed E-state index contributed by atoms with van der Waals surface area (Å²) in [5.41, 5.74) is 3.38. The van der Waals surface area contributed by atoms with Gasteiger partial charge in [-0.15, -0.1) is 24.8 Å². The van der Waals surface area contributed by atoms with Crippen LogP contribution in [-0.2, 0) is 0 Å². The van der Waals surface area contributed by atoms with Gasteiger partial charge in [-0.05, 0) is 25.2 Å². The van der Waals surface area contributed by atoms with Crippen molar-refractivity contribution in [2.45, 2.75) is 19.3 Å². The molecule has 0 amide bonds.